The molecule has 0 saturated carbocycles. The Morgan fingerprint density at radius 3 is 3.17 bits per heavy atom. The number of esters is 1. The van der Waals surface area contributed by atoms with Crippen molar-refractivity contribution in [3.63, 3.8) is 0 Å². The number of nitrogens with one attached hydrogen (secondary N) is 1. The van der Waals surface area contributed by atoms with E-state index in [1.165, 1.54) is 30.0 Å². The van der Waals surface area contributed by atoms with Gasteiger partial charge in [0.15, 0.2) is 0 Å². The van der Waals surface area contributed by atoms with Crippen LogP contribution in [0.1, 0.15) is 23.6 Å². The lowest BCUT2D eigenvalue weighted by molar-refractivity contribution is -0.137. The van der Waals surface area contributed by atoms with Gasteiger partial charge in [-0.2, -0.15) is 0 Å². The van der Waals surface area contributed by atoms with Gasteiger partial charge in [-0.05, 0) is 30.0 Å². The number of aromatic nitrogens is 2. The molecular weight excluding hydrogens is 378 g/mol. The Morgan fingerprint density at radius 2 is 2.35 bits per heavy atom. The van der Waals surface area contributed by atoms with Gasteiger partial charge in [-0.3, -0.25) is 9.78 Å². The lowest BCUT2D eigenvalue weighted by Gasteiger charge is -2.15. The quantitative estimate of drug-likeness (QED) is 0.618. The molecule has 1 aromatic heterocycles. The standard InChI is InChI=1S/C16H16BrN3O2S/c1-22-16(21)9-23-15-8-18-7-14(20-15)19-13-6-5-10-11(13)3-2-4-12(10)17/h2-4,7-8,13H,5-6,9H2,1H3,(H,19,20). The van der Waals surface area contributed by atoms with E-state index in [-0.39, 0.29) is 17.8 Å². The lowest BCUT2D eigenvalue weighted by Crippen LogP contribution is -2.09. The van der Waals surface area contributed by atoms with Gasteiger partial charge in [-0.15, -0.1) is 0 Å². The van der Waals surface area contributed by atoms with Gasteiger partial charge in [0.05, 0.1) is 31.3 Å². The van der Waals surface area contributed by atoms with Crippen LogP contribution >= 0.6 is 27.7 Å². The minimum absolute atomic E-state index is 0.230. The summed E-state index contributed by atoms with van der Waals surface area (Å²) in [7, 11) is 1.38. The Balaban J connectivity index is 1.70. The maximum atomic E-state index is 11.2. The number of carbonyl (C=O) groups is 1. The molecule has 1 heterocycles. The van der Waals surface area contributed by atoms with Gasteiger partial charge in [-0.1, -0.05) is 39.8 Å². The number of benzene rings is 1. The summed E-state index contributed by atoms with van der Waals surface area (Å²) in [5.41, 5.74) is 2.66. The fraction of sp³-hybridized carbons (Fsp3) is 0.312. The smallest absolute Gasteiger partial charge is 0.316 e. The molecule has 1 aliphatic rings. The van der Waals surface area contributed by atoms with Gasteiger partial charge < -0.3 is 10.1 Å². The minimum atomic E-state index is -0.273. The average Bonchev–Trinajstić information content (AvgIpc) is 2.97. The highest BCUT2D eigenvalue weighted by Gasteiger charge is 2.24. The maximum absolute atomic E-state index is 11.2. The van der Waals surface area contributed by atoms with E-state index < -0.39 is 0 Å². The number of hydrogen-bond acceptors (Lipinski definition) is 6. The van der Waals surface area contributed by atoms with Crippen LogP contribution in [0.15, 0.2) is 40.1 Å². The van der Waals surface area contributed by atoms with Gasteiger partial charge in [0.25, 0.3) is 0 Å². The van der Waals surface area contributed by atoms with Gasteiger partial charge in [0.2, 0.25) is 0 Å². The molecule has 1 unspecified atom stereocenters. The van der Waals surface area contributed by atoms with Crippen LogP contribution in [0.5, 0.6) is 0 Å². The molecule has 5 nitrogen and oxygen atoms in total. The summed E-state index contributed by atoms with van der Waals surface area (Å²) in [6, 6.07) is 6.51. The van der Waals surface area contributed by atoms with Crippen molar-refractivity contribution in [3.05, 3.63) is 46.2 Å². The average molecular weight is 394 g/mol. The zero-order valence-corrected chi connectivity index (χ0v) is 15.0. The summed E-state index contributed by atoms with van der Waals surface area (Å²) < 4.78 is 5.79. The second-order valence-electron chi connectivity index (χ2n) is 5.15. The zero-order chi connectivity index (χ0) is 16.2. The van der Waals surface area contributed by atoms with Gasteiger partial charge in [0.1, 0.15) is 10.8 Å². The number of thioether (sulfide) groups is 1. The van der Waals surface area contributed by atoms with Crippen LogP contribution in [0.3, 0.4) is 0 Å². The van der Waals surface area contributed by atoms with E-state index in [0.29, 0.717) is 5.03 Å². The van der Waals surface area contributed by atoms with Crippen molar-refractivity contribution in [2.45, 2.75) is 23.9 Å². The fourth-order valence-electron chi connectivity index (χ4n) is 2.62. The Bertz CT molecular complexity index is 726. The molecule has 0 fully saturated rings. The zero-order valence-electron chi connectivity index (χ0n) is 12.6. The number of carbonyl (C=O) groups excluding carboxylic acids is 1. The Morgan fingerprint density at radius 1 is 1.48 bits per heavy atom. The van der Waals surface area contributed by atoms with Gasteiger partial charge in [-0.25, -0.2) is 4.98 Å². The molecule has 1 aliphatic carbocycles. The van der Waals surface area contributed by atoms with Crippen molar-refractivity contribution in [1.82, 2.24) is 9.97 Å². The van der Waals surface area contributed by atoms with E-state index in [4.69, 9.17) is 0 Å². The SMILES string of the molecule is COC(=O)CSc1cncc(NC2CCc3c(Br)cccc32)n1. The summed E-state index contributed by atoms with van der Waals surface area (Å²) in [6.07, 6.45) is 5.42. The summed E-state index contributed by atoms with van der Waals surface area (Å²) in [5.74, 6) is 0.677. The van der Waals surface area contributed by atoms with Crippen molar-refractivity contribution in [3.8, 4) is 0 Å². The molecule has 1 aromatic carbocycles. The molecule has 2 aromatic rings. The predicted octanol–water partition coefficient (Wildman–Crippen LogP) is 3.60. The Hall–Kier alpha value is -1.60. The number of methoxy groups -OCH3 is 1. The molecule has 0 bridgehead atoms. The van der Waals surface area contributed by atoms with Crippen molar-refractivity contribution in [2.24, 2.45) is 0 Å². The number of rotatable bonds is 5. The third-order valence-corrected chi connectivity index (χ3v) is 5.33. The lowest BCUT2D eigenvalue weighted by atomic mass is 10.1. The summed E-state index contributed by atoms with van der Waals surface area (Å²) >= 11 is 4.93. The fourth-order valence-corrected chi connectivity index (χ4v) is 3.88. The molecule has 1 N–H and O–H groups in total. The number of halogens is 1. The number of fused-ring (bicyclic) bond motifs is 1. The summed E-state index contributed by atoms with van der Waals surface area (Å²) in [4.78, 5) is 19.9. The number of hydrogen-bond donors (Lipinski definition) is 1. The Labute approximate surface area is 147 Å². The highest BCUT2D eigenvalue weighted by molar-refractivity contribution is 9.10. The van der Waals surface area contributed by atoms with E-state index in [1.807, 2.05) is 0 Å². The first-order chi connectivity index (χ1) is 11.2. The normalized spacial score (nSPS) is 16.0. The van der Waals surface area contributed by atoms with Gasteiger partial charge >= 0.3 is 5.97 Å². The van der Waals surface area contributed by atoms with Crippen LogP contribution in [0.4, 0.5) is 5.82 Å². The number of anilines is 1. The van der Waals surface area contributed by atoms with Crippen molar-refractivity contribution in [1.29, 1.82) is 0 Å². The first kappa shape index (κ1) is 16.3. The number of ether oxygens (including phenoxy) is 1. The maximum Gasteiger partial charge on any atom is 0.316 e. The summed E-state index contributed by atoms with van der Waals surface area (Å²) in [5, 5.41) is 4.14. The van der Waals surface area contributed by atoms with E-state index in [2.05, 4.69) is 54.2 Å². The summed E-state index contributed by atoms with van der Waals surface area (Å²) in [6.45, 7) is 0. The van der Waals surface area contributed by atoms with Crippen LogP contribution < -0.4 is 5.32 Å². The molecule has 0 amide bonds. The van der Waals surface area contributed by atoms with E-state index in [0.717, 1.165) is 23.1 Å². The number of nitrogens with zero attached hydrogens (tertiary/aromatic N) is 2. The van der Waals surface area contributed by atoms with Gasteiger partial charge in [0, 0.05) is 4.47 Å². The molecule has 0 spiro atoms. The molecule has 23 heavy (non-hydrogen) atoms. The molecule has 3 rings (SSSR count). The second-order valence-corrected chi connectivity index (χ2v) is 7.00. The third-order valence-electron chi connectivity index (χ3n) is 3.71. The topological polar surface area (TPSA) is 64.1 Å². The Kier molecular flexibility index (Phi) is 5.17. The monoisotopic (exact) mass is 393 g/mol. The third kappa shape index (κ3) is 3.84. The minimum Gasteiger partial charge on any atom is -0.468 e. The van der Waals surface area contributed by atoms with Crippen LogP contribution in [0.2, 0.25) is 0 Å². The molecule has 0 aliphatic heterocycles. The molecular formula is C16H16BrN3O2S. The van der Waals surface area contributed by atoms with Crippen LogP contribution in [-0.2, 0) is 16.0 Å². The highest BCUT2D eigenvalue weighted by Crippen LogP contribution is 2.37. The van der Waals surface area contributed by atoms with Crippen LogP contribution in [-0.4, -0.2) is 28.8 Å². The van der Waals surface area contributed by atoms with Crippen molar-refractivity contribution < 1.29 is 9.53 Å². The largest absolute Gasteiger partial charge is 0.468 e. The molecule has 7 heteroatoms. The van der Waals surface area contributed by atoms with Crippen LogP contribution in [0.25, 0.3) is 0 Å². The van der Waals surface area contributed by atoms with E-state index in [1.54, 1.807) is 12.4 Å². The second kappa shape index (κ2) is 7.31. The van der Waals surface area contributed by atoms with Crippen molar-refractivity contribution >= 4 is 39.5 Å². The van der Waals surface area contributed by atoms with E-state index in [9.17, 15) is 4.79 Å². The molecule has 0 saturated heterocycles. The predicted molar refractivity (Wildman–Crippen MR) is 93.6 cm³/mol. The molecule has 1 atom stereocenters. The first-order valence-electron chi connectivity index (χ1n) is 7.23. The van der Waals surface area contributed by atoms with E-state index >= 15 is 0 Å². The molecule has 120 valence electrons. The first-order valence-corrected chi connectivity index (χ1v) is 9.00. The van der Waals surface area contributed by atoms with Crippen LogP contribution in [0, 0.1) is 0 Å². The molecule has 0 radical (unpaired) electrons. The highest BCUT2D eigenvalue weighted by atomic mass is 79.9. The van der Waals surface area contributed by atoms with Crippen molar-refractivity contribution in [2.75, 3.05) is 18.2 Å².